The van der Waals surface area contributed by atoms with E-state index < -0.39 is 0 Å². The SMILES string of the molecule is COc1ccc([NH2+]CC(=O)NC2CCSC2=O)c(SCN=Nc2ccc(N(CCO)CCO)cc2)c1. The Morgan fingerprint density at radius 1 is 1.22 bits per heavy atom. The lowest BCUT2D eigenvalue weighted by Gasteiger charge is -2.22. The number of nitrogens with two attached hydrogens (primary N) is 1. The van der Waals surface area contributed by atoms with Gasteiger partial charge < -0.3 is 30.5 Å². The van der Waals surface area contributed by atoms with Crippen LogP contribution in [-0.4, -0.2) is 78.9 Å². The molecule has 1 aliphatic rings. The molecule has 36 heavy (non-hydrogen) atoms. The summed E-state index contributed by atoms with van der Waals surface area (Å²) in [5.74, 6) is 1.65. The molecule has 1 aliphatic heterocycles. The van der Waals surface area contributed by atoms with Crippen molar-refractivity contribution in [2.24, 2.45) is 10.2 Å². The van der Waals surface area contributed by atoms with Gasteiger partial charge in [-0.05, 0) is 42.8 Å². The standard InChI is InChI=1S/C24H31N5O5S2/c1-34-19-6-7-20(25-15-23(32)27-21-8-13-35-24(21)33)22(14-19)36-16-26-28-17-2-4-18(5-3-17)29(9-11-30)10-12-31/h2-7,14,21,25,30-31H,8-13,15-16H2,1H3,(H,27,32)/p+1. The van der Waals surface area contributed by atoms with Crippen LogP contribution in [0.2, 0.25) is 0 Å². The van der Waals surface area contributed by atoms with Gasteiger partial charge in [0, 0.05) is 30.6 Å². The van der Waals surface area contributed by atoms with Crippen LogP contribution in [0, 0.1) is 0 Å². The molecule has 1 unspecified atom stereocenters. The molecule has 1 atom stereocenters. The van der Waals surface area contributed by atoms with Crippen LogP contribution >= 0.6 is 23.5 Å². The molecule has 0 aliphatic carbocycles. The number of hydrogen-bond acceptors (Lipinski definition) is 10. The van der Waals surface area contributed by atoms with Crippen molar-refractivity contribution in [2.45, 2.75) is 17.4 Å². The fourth-order valence-electron chi connectivity index (χ4n) is 3.57. The van der Waals surface area contributed by atoms with Crippen LogP contribution in [-0.2, 0) is 9.59 Å². The highest BCUT2D eigenvalue weighted by atomic mass is 32.2. The monoisotopic (exact) mass is 534 g/mol. The van der Waals surface area contributed by atoms with Crippen LogP contribution < -0.4 is 20.3 Å². The zero-order chi connectivity index (χ0) is 25.8. The molecule has 0 saturated carbocycles. The molecule has 0 spiro atoms. The van der Waals surface area contributed by atoms with Gasteiger partial charge in [0.15, 0.2) is 6.54 Å². The van der Waals surface area contributed by atoms with Crippen molar-refractivity contribution in [3.63, 3.8) is 0 Å². The molecule has 12 heteroatoms. The fourth-order valence-corrected chi connectivity index (χ4v) is 5.27. The van der Waals surface area contributed by atoms with Gasteiger partial charge in [-0.1, -0.05) is 23.5 Å². The Morgan fingerprint density at radius 2 is 1.97 bits per heavy atom. The van der Waals surface area contributed by atoms with Gasteiger partial charge in [-0.2, -0.15) is 10.2 Å². The predicted octanol–water partition coefficient (Wildman–Crippen LogP) is 1.66. The van der Waals surface area contributed by atoms with Gasteiger partial charge in [0.2, 0.25) is 5.12 Å². The maximum Gasteiger partial charge on any atom is 0.276 e. The highest BCUT2D eigenvalue weighted by Gasteiger charge is 2.27. The van der Waals surface area contributed by atoms with E-state index in [-0.39, 0.29) is 36.8 Å². The van der Waals surface area contributed by atoms with Crippen molar-refractivity contribution < 1.29 is 29.9 Å². The predicted molar refractivity (Wildman–Crippen MR) is 142 cm³/mol. The highest BCUT2D eigenvalue weighted by Crippen LogP contribution is 2.29. The van der Waals surface area contributed by atoms with Gasteiger partial charge in [0.25, 0.3) is 5.91 Å². The van der Waals surface area contributed by atoms with Crippen LogP contribution in [0.15, 0.2) is 57.6 Å². The molecule has 2 aromatic rings. The third-order valence-electron chi connectivity index (χ3n) is 5.42. The smallest absolute Gasteiger partial charge is 0.276 e. The molecule has 1 saturated heterocycles. The average Bonchev–Trinajstić information content (AvgIpc) is 3.29. The third kappa shape index (κ3) is 8.49. The number of rotatable bonds is 14. The van der Waals surface area contributed by atoms with E-state index in [1.54, 1.807) is 7.11 Å². The Morgan fingerprint density at radius 3 is 2.61 bits per heavy atom. The molecular weight excluding hydrogens is 502 g/mol. The molecule has 1 heterocycles. The van der Waals surface area contributed by atoms with Crippen molar-refractivity contribution >= 4 is 51.6 Å². The number of carbonyl (C=O) groups excluding carboxylic acids is 2. The number of carbonyl (C=O) groups is 2. The number of methoxy groups -OCH3 is 1. The third-order valence-corrected chi connectivity index (χ3v) is 7.34. The molecule has 0 aromatic heterocycles. The minimum Gasteiger partial charge on any atom is -0.497 e. The number of anilines is 1. The molecule has 2 aromatic carbocycles. The highest BCUT2D eigenvalue weighted by molar-refractivity contribution is 8.14. The van der Waals surface area contributed by atoms with Crippen molar-refractivity contribution in [1.82, 2.24) is 5.32 Å². The van der Waals surface area contributed by atoms with Crippen LogP contribution in [0.4, 0.5) is 17.1 Å². The van der Waals surface area contributed by atoms with Crippen LogP contribution in [0.5, 0.6) is 5.75 Å². The Labute approximate surface area is 218 Å². The Kier molecular flexibility index (Phi) is 11.5. The van der Waals surface area contributed by atoms with Crippen LogP contribution in [0.3, 0.4) is 0 Å². The zero-order valence-corrected chi connectivity index (χ0v) is 21.8. The van der Waals surface area contributed by atoms with E-state index in [0.29, 0.717) is 36.8 Å². The summed E-state index contributed by atoms with van der Waals surface area (Å²) in [6.45, 7) is 1.07. The number of quaternary nitrogens is 1. The minimum atomic E-state index is -0.387. The first kappa shape index (κ1) is 27.9. The first-order valence-electron chi connectivity index (χ1n) is 11.6. The summed E-state index contributed by atoms with van der Waals surface area (Å²) in [6, 6.07) is 12.7. The van der Waals surface area contributed by atoms with E-state index in [1.165, 1.54) is 23.5 Å². The van der Waals surface area contributed by atoms with Gasteiger partial charge in [-0.15, -0.1) is 0 Å². The van der Waals surface area contributed by atoms with E-state index in [0.717, 1.165) is 22.0 Å². The molecule has 194 valence electrons. The topological polar surface area (TPSA) is 140 Å². The summed E-state index contributed by atoms with van der Waals surface area (Å²) >= 11 is 2.74. The van der Waals surface area contributed by atoms with E-state index >= 15 is 0 Å². The average molecular weight is 535 g/mol. The van der Waals surface area contributed by atoms with Crippen molar-refractivity contribution in [2.75, 3.05) is 56.5 Å². The molecular formula is C24H32N5O5S2+. The summed E-state index contributed by atoms with van der Waals surface area (Å²) in [4.78, 5) is 26.9. The van der Waals surface area contributed by atoms with Gasteiger partial charge in [0.05, 0.1) is 36.9 Å². The molecule has 10 nitrogen and oxygen atoms in total. The lowest BCUT2D eigenvalue weighted by molar-refractivity contribution is -0.561. The van der Waals surface area contributed by atoms with Gasteiger partial charge in [-0.3, -0.25) is 9.59 Å². The van der Waals surface area contributed by atoms with Gasteiger partial charge >= 0.3 is 0 Å². The molecule has 1 fully saturated rings. The number of benzene rings is 2. The van der Waals surface area contributed by atoms with E-state index in [1.807, 2.05) is 52.7 Å². The fraction of sp³-hybridized carbons (Fsp3) is 0.417. The second-order valence-electron chi connectivity index (χ2n) is 7.85. The number of ether oxygens (including phenoxy) is 1. The minimum absolute atomic E-state index is 0.00635. The lowest BCUT2D eigenvalue weighted by Crippen LogP contribution is -2.81. The Hall–Kier alpha value is -2.64. The second-order valence-corrected chi connectivity index (χ2v) is 9.94. The molecule has 3 rings (SSSR count). The summed E-state index contributed by atoms with van der Waals surface area (Å²) in [6.07, 6.45) is 0.677. The zero-order valence-electron chi connectivity index (χ0n) is 20.1. The summed E-state index contributed by atoms with van der Waals surface area (Å²) < 4.78 is 5.34. The number of amides is 1. The van der Waals surface area contributed by atoms with E-state index in [9.17, 15) is 19.8 Å². The first-order chi connectivity index (χ1) is 17.5. The van der Waals surface area contributed by atoms with Crippen LogP contribution in [0.25, 0.3) is 0 Å². The van der Waals surface area contributed by atoms with E-state index in [2.05, 4.69) is 15.5 Å². The van der Waals surface area contributed by atoms with Gasteiger partial charge in [-0.25, -0.2) is 0 Å². The van der Waals surface area contributed by atoms with E-state index in [4.69, 9.17) is 4.74 Å². The summed E-state index contributed by atoms with van der Waals surface area (Å²) in [5.41, 5.74) is 2.47. The Balaban J connectivity index is 1.55. The molecule has 1 amide bonds. The lowest BCUT2D eigenvalue weighted by atomic mass is 10.2. The normalized spacial score (nSPS) is 15.4. The number of nitrogens with one attached hydrogen (secondary N) is 1. The number of hydrogen-bond donors (Lipinski definition) is 4. The maximum absolute atomic E-state index is 12.3. The number of aliphatic hydroxyl groups is 2. The number of thioether (sulfide) groups is 2. The molecule has 0 bridgehead atoms. The van der Waals surface area contributed by atoms with Crippen molar-refractivity contribution in [3.8, 4) is 5.75 Å². The Bertz CT molecular complexity index is 1030. The first-order valence-corrected chi connectivity index (χ1v) is 13.6. The molecule has 5 N–H and O–H groups in total. The summed E-state index contributed by atoms with van der Waals surface area (Å²) in [5, 5.41) is 31.6. The second kappa shape index (κ2) is 14.8. The summed E-state index contributed by atoms with van der Waals surface area (Å²) in [7, 11) is 1.60. The van der Waals surface area contributed by atoms with Crippen molar-refractivity contribution in [3.05, 3.63) is 42.5 Å². The number of aliphatic hydroxyl groups excluding tert-OH is 2. The number of nitrogens with zero attached hydrogens (tertiary/aromatic N) is 3. The van der Waals surface area contributed by atoms with Crippen LogP contribution in [0.1, 0.15) is 6.42 Å². The molecule has 0 radical (unpaired) electrons. The van der Waals surface area contributed by atoms with Gasteiger partial charge in [0.1, 0.15) is 17.3 Å². The largest absolute Gasteiger partial charge is 0.497 e. The van der Waals surface area contributed by atoms with Crippen molar-refractivity contribution in [1.29, 1.82) is 0 Å². The maximum atomic E-state index is 12.3. The number of azo groups is 1. The quantitative estimate of drug-likeness (QED) is 0.163.